The van der Waals surface area contributed by atoms with E-state index in [0.29, 0.717) is 0 Å². The van der Waals surface area contributed by atoms with Gasteiger partial charge >= 0.3 is 0 Å². The molecule has 0 aromatic rings. The third-order valence-corrected chi connectivity index (χ3v) is 3.63. The first-order chi connectivity index (χ1) is 9.21. The van der Waals surface area contributed by atoms with Crippen molar-refractivity contribution in [2.45, 2.75) is 46.6 Å². The van der Waals surface area contributed by atoms with Crippen LogP contribution >= 0.6 is 0 Å². The maximum absolute atomic E-state index is 9.02. The van der Waals surface area contributed by atoms with Gasteiger partial charge in [0.15, 0.2) is 0 Å². The lowest BCUT2D eigenvalue weighted by Crippen LogP contribution is -2.35. The van der Waals surface area contributed by atoms with Crippen LogP contribution in [0.3, 0.4) is 0 Å². The molecule has 19 heavy (non-hydrogen) atoms. The highest BCUT2D eigenvalue weighted by atomic mass is 15.1. The SMILES string of the molecule is CCNC(C#N)CCN(CC)CCCN(CC)CC. The number of nitrogens with one attached hydrogen (secondary N) is 1. The molecule has 1 unspecified atom stereocenters. The van der Waals surface area contributed by atoms with Gasteiger partial charge in [0.05, 0.1) is 12.1 Å². The van der Waals surface area contributed by atoms with E-state index in [0.717, 1.165) is 45.7 Å². The van der Waals surface area contributed by atoms with Gasteiger partial charge in [0.1, 0.15) is 0 Å². The number of hydrogen-bond donors (Lipinski definition) is 1. The average molecular weight is 268 g/mol. The van der Waals surface area contributed by atoms with Crippen LogP contribution in [0.4, 0.5) is 0 Å². The topological polar surface area (TPSA) is 42.3 Å². The van der Waals surface area contributed by atoms with E-state index in [1.165, 1.54) is 13.0 Å². The minimum absolute atomic E-state index is 0.00170. The van der Waals surface area contributed by atoms with E-state index in [9.17, 15) is 0 Å². The standard InChI is InChI=1S/C15H32N4/c1-5-17-15(14-16)10-13-19(8-4)12-9-11-18(6-2)7-3/h15,17H,5-13H2,1-4H3. The third-order valence-electron chi connectivity index (χ3n) is 3.63. The summed E-state index contributed by atoms with van der Waals surface area (Å²) in [5.41, 5.74) is 0. The predicted octanol–water partition coefficient (Wildman–Crippen LogP) is 1.93. The highest BCUT2D eigenvalue weighted by Crippen LogP contribution is 1.99. The maximum atomic E-state index is 9.02. The van der Waals surface area contributed by atoms with Crippen LogP contribution in [-0.2, 0) is 0 Å². The summed E-state index contributed by atoms with van der Waals surface area (Å²) in [4.78, 5) is 4.91. The van der Waals surface area contributed by atoms with Gasteiger partial charge in [-0.05, 0) is 52.1 Å². The molecule has 0 radical (unpaired) electrons. The summed E-state index contributed by atoms with van der Waals surface area (Å²) in [7, 11) is 0. The number of nitriles is 1. The van der Waals surface area contributed by atoms with Gasteiger partial charge in [-0.3, -0.25) is 0 Å². The van der Waals surface area contributed by atoms with Crippen LogP contribution in [0, 0.1) is 11.3 Å². The lowest BCUT2D eigenvalue weighted by atomic mass is 10.2. The molecule has 0 amide bonds. The van der Waals surface area contributed by atoms with Gasteiger partial charge in [-0.15, -0.1) is 0 Å². The average Bonchev–Trinajstić information content (AvgIpc) is 2.45. The maximum Gasteiger partial charge on any atom is 0.0965 e. The fourth-order valence-corrected chi connectivity index (χ4v) is 2.26. The first kappa shape index (κ1) is 18.4. The summed E-state index contributed by atoms with van der Waals surface area (Å²) in [6.45, 7) is 16.2. The van der Waals surface area contributed by atoms with E-state index in [1.807, 2.05) is 6.92 Å². The van der Waals surface area contributed by atoms with Crippen LogP contribution in [0.25, 0.3) is 0 Å². The zero-order chi connectivity index (χ0) is 14.5. The zero-order valence-electron chi connectivity index (χ0n) is 13.3. The summed E-state index contributed by atoms with van der Waals surface area (Å²) < 4.78 is 0. The molecule has 0 aliphatic carbocycles. The molecule has 0 saturated carbocycles. The normalized spacial score (nSPS) is 12.9. The first-order valence-corrected chi connectivity index (χ1v) is 7.79. The zero-order valence-corrected chi connectivity index (χ0v) is 13.3. The highest BCUT2D eigenvalue weighted by Gasteiger charge is 2.09. The molecule has 0 bridgehead atoms. The molecule has 112 valence electrons. The molecule has 4 nitrogen and oxygen atoms in total. The smallest absolute Gasteiger partial charge is 0.0965 e. The molecular weight excluding hydrogens is 236 g/mol. The Balaban J connectivity index is 3.85. The van der Waals surface area contributed by atoms with Crippen LogP contribution in [0.1, 0.15) is 40.5 Å². The van der Waals surface area contributed by atoms with Crippen molar-refractivity contribution in [3.8, 4) is 6.07 Å². The molecule has 1 atom stereocenters. The summed E-state index contributed by atoms with van der Waals surface area (Å²) in [5, 5.41) is 12.2. The molecule has 0 aromatic heterocycles. The van der Waals surface area contributed by atoms with E-state index >= 15 is 0 Å². The molecule has 0 aliphatic heterocycles. The van der Waals surface area contributed by atoms with Crippen LogP contribution in [0.2, 0.25) is 0 Å². The molecule has 0 fully saturated rings. The minimum Gasteiger partial charge on any atom is -0.304 e. The van der Waals surface area contributed by atoms with Crippen molar-refractivity contribution in [3.05, 3.63) is 0 Å². The van der Waals surface area contributed by atoms with E-state index in [2.05, 4.69) is 42.0 Å². The molecule has 0 aliphatic rings. The molecular formula is C15H32N4. The highest BCUT2D eigenvalue weighted by molar-refractivity contribution is 4.89. The Kier molecular flexibility index (Phi) is 12.0. The van der Waals surface area contributed by atoms with Crippen molar-refractivity contribution in [2.75, 3.05) is 45.8 Å². The van der Waals surface area contributed by atoms with Crippen LogP contribution in [0.5, 0.6) is 0 Å². The number of hydrogen-bond acceptors (Lipinski definition) is 4. The van der Waals surface area contributed by atoms with E-state index < -0.39 is 0 Å². The third kappa shape index (κ3) is 8.99. The molecule has 0 saturated heterocycles. The van der Waals surface area contributed by atoms with E-state index in [-0.39, 0.29) is 6.04 Å². The Morgan fingerprint density at radius 3 is 2.00 bits per heavy atom. The van der Waals surface area contributed by atoms with Crippen LogP contribution in [0.15, 0.2) is 0 Å². The number of nitrogens with zero attached hydrogens (tertiary/aromatic N) is 3. The second kappa shape index (κ2) is 12.4. The second-order valence-electron chi connectivity index (χ2n) is 4.84. The van der Waals surface area contributed by atoms with Gasteiger partial charge in [-0.25, -0.2) is 0 Å². The van der Waals surface area contributed by atoms with Gasteiger partial charge in [0.25, 0.3) is 0 Å². The summed E-state index contributed by atoms with van der Waals surface area (Å²) >= 11 is 0. The van der Waals surface area contributed by atoms with Crippen molar-refractivity contribution in [3.63, 3.8) is 0 Å². The summed E-state index contributed by atoms with van der Waals surface area (Å²) in [5.74, 6) is 0. The fraction of sp³-hybridized carbons (Fsp3) is 0.933. The molecule has 0 heterocycles. The number of rotatable bonds is 12. The van der Waals surface area contributed by atoms with Crippen molar-refractivity contribution >= 4 is 0 Å². The summed E-state index contributed by atoms with van der Waals surface area (Å²) in [6, 6.07) is 2.33. The van der Waals surface area contributed by atoms with Crippen molar-refractivity contribution in [1.29, 1.82) is 5.26 Å². The molecule has 1 N–H and O–H groups in total. The van der Waals surface area contributed by atoms with Crippen LogP contribution < -0.4 is 5.32 Å². The van der Waals surface area contributed by atoms with Crippen molar-refractivity contribution in [2.24, 2.45) is 0 Å². The fourth-order valence-electron chi connectivity index (χ4n) is 2.26. The Hall–Kier alpha value is -0.630. The molecule has 0 aromatic carbocycles. The van der Waals surface area contributed by atoms with Gasteiger partial charge in [-0.1, -0.05) is 27.7 Å². The van der Waals surface area contributed by atoms with Crippen molar-refractivity contribution in [1.82, 2.24) is 15.1 Å². The lowest BCUT2D eigenvalue weighted by Gasteiger charge is -2.24. The van der Waals surface area contributed by atoms with E-state index in [1.54, 1.807) is 0 Å². The minimum atomic E-state index is 0.00170. The quantitative estimate of drug-likeness (QED) is 0.587. The Labute approximate surface area is 119 Å². The second-order valence-corrected chi connectivity index (χ2v) is 4.84. The first-order valence-electron chi connectivity index (χ1n) is 7.79. The van der Waals surface area contributed by atoms with Crippen LogP contribution in [-0.4, -0.2) is 61.7 Å². The molecule has 4 heteroatoms. The van der Waals surface area contributed by atoms with Crippen molar-refractivity contribution < 1.29 is 0 Å². The summed E-state index contributed by atoms with van der Waals surface area (Å²) in [6.07, 6.45) is 2.14. The van der Waals surface area contributed by atoms with Gasteiger partial charge < -0.3 is 15.1 Å². The Morgan fingerprint density at radius 2 is 1.53 bits per heavy atom. The lowest BCUT2D eigenvalue weighted by molar-refractivity contribution is 0.238. The largest absolute Gasteiger partial charge is 0.304 e. The van der Waals surface area contributed by atoms with Gasteiger partial charge in [0, 0.05) is 6.54 Å². The van der Waals surface area contributed by atoms with Gasteiger partial charge in [0.2, 0.25) is 0 Å². The molecule has 0 rings (SSSR count). The Morgan fingerprint density at radius 1 is 0.947 bits per heavy atom. The molecule has 0 spiro atoms. The monoisotopic (exact) mass is 268 g/mol. The van der Waals surface area contributed by atoms with Gasteiger partial charge in [-0.2, -0.15) is 5.26 Å². The van der Waals surface area contributed by atoms with E-state index in [4.69, 9.17) is 5.26 Å². The predicted molar refractivity (Wildman–Crippen MR) is 82.2 cm³/mol. The Bertz CT molecular complexity index is 233.